The maximum absolute atomic E-state index is 10.6. The maximum Gasteiger partial charge on any atom is 0.323 e. The number of rotatable bonds is 3. The first-order valence-electron chi connectivity index (χ1n) is 4.31. The number of hydrogen-bond donors (Lipinski definition) is 1. The quantitative estimate of drug-likeness (QED) is 0.799. The Morgan fingerprint density at radius 2 is 2.47 bits per heavy atom. The van der Waals surface area contributed by atoms with Crippen LogP contribution in [0.1, 0.15) is 0 Å². The third kappa shape index (κ3) is 1.74. The highest BCUT2D eigenvalue weighted by Gasteiger charge is 2.11. The minimum atomic E-state index is -0.890. The summed E-state index contributed by atoms with van der Waals surface area (Å²) >= 11 is 0. The molecule has 2 heterocycles. The Kier molecular flexibility index (Phi) is 2.24. The Balaban J connectivity index is 2.42. The highest BCUT2D eigenvalue weighted by atomic mass is 16.5. The fourth-order valence-corrected chi connectivity index (χ4v) is 1.39. The van der Waals surface area contributed by atoms with Crippen molar-refractivity contribution in [2.75, 3.05) is 18.5 Å². The predicted octanol–water partition coefficient (Wildman–Crippen LogP) is 0.744. The van der Waals surface area contributed by atoms with Crippen LogP contribution >= 0.6 is 0 Å². The number of aliphatic carboxylic acids is 1. The van der Waals surface area contributed by atoms with Crippen LogP contribution in [-0.2, 0) is 4.79 Å². The number of likely N-dealkylation sites (N-methyl/N-ethyl adjacent to an activating group) is 1. The Hall–Kier alpha value is -2.11. The number of aromatic nitrogens is 2. The van der Waals surface area contributed by atoms with Crippen molar-refractivity contribution >= 4 is 22.8 Å². The smallest absolute Gasteiger partial charge is 0.323 e. The van der Waals surface area contributed by atoms with Crippen LogP contribution in [-0.4, -0.2) is 34.8 Å². The highest BCUT2D eigenvalue weighted by Crippen LogP contribution is 2.23. The summed E-state index contributed by atoms with van der Waals surface area (Å²) in [6.45, 7) is -0.0791. The minimum Gasteiger partial charge on any atom is -0.480 e. The summed E-state index contributed by atoms with van der Waals surface area (Å²) in [5, 5.41) is 13.0. The summed E-state index contributed by atoms with van der Waals surface area (Å²) < 4.78 is 4.88. The number of pyridine rings is 1. The molecule has 6 heteroatoms. The molecule has 15 heavy (non-hydrogen) atoms. The molecule has 0 fully saturated rings. The van der Waals surface area contributed by atoms with Gasteiger partial charge in [-0.25, -0.2) is 4.98 Å². The van der Waals surface area contributed by atoms with Gasteiger partial charge < -0.3 is 14.5 Å². The second-order valence-corrected chi connectivity index (χ2v) is 3.12. The lowest BCUT2D eigenvalue weighted by Gasteiger charge is -2.16. The van der Waals surface area contributed by atoms with E-state index in [4.69, 9.17) is 9.63 Å². The van der Waals surface area contributed by atoms with Gasteiger partial charge in [-0.1, -0.05) is 5.16 Å². The van der Waals surface area contributed by atoms with Gasteiger partial charge in [0.25, 0.3) is 5.71 Å². The summed E-state index contributed by atoms with van der Waals surface area (Å²) in [5.41, 5.74) is 1.15. The van der Waals surface area contributed by atoms with Gasteiger partial charge in [-0.15, -0.1) is 0 Å². The summed E-state index contributed by atoms with van der Waals surface area (Å²) in [7, 11) is 1.69. The van der Waals surface area contributed by atoms with E-state index in [1.54, 1.807) is 24.2 Å². The van der Waals surface area contributed by atoms with Gasteiger partial charge in [-0.3, -0.25) is 4.79 Å². The zero-order valence-corrected chi connectivity index (χ0v) is 8.04. The Bertz CT molecular complexity index is 494. The van der Waals surface area contributed by atoms with E-state index in [1.807, 2.05) is 0 Å². The molecule has 1 N–H and O–H groups in total. The SMILES string of the molecule is CN(CC(=O)O)c1ccnc2oncc12. The van der Waals surface area contributed by atoms with E-state index >= 15 is 0 Å². The predicted molar refractivity (Wildman–Crippen MR) is 52.7 cm³/mol. The molecule has 0 bridgehead atoms. The van der Waals surface area contributed by atoms with Crippen molar-refractivity contribution in [2.45, 2.75) is 0 Å². The van der Waals surface area contributed by atoms with Crippen molar-refractivity contribution in [3.63, 3.8) is 0 Å². The van der Waals surface area contributed by atoms with Gasteiger partial charge in [0.1, 0.15) is 6.54 Å². The number of carbonyl (C=O) groups is 1. The highest BCUT2D eigenvalue weighted by molar-refractivity contribution is 5.89. The van der Waals surface area contributed by atoms with Crippen molar-refractivity contribution in [3.8, 4) is 0 Å². The van der Waals surface area contributed by atoms with E-state index in [9.17, 15) is 4.79 Å². The van der Waals surface area contributed by atoms with E-state index in [-0.39, 0.29) is 6.54 Å². The molecule has 0 aliphatic rings. The van der Waals surface area contributed by atoms with Gasteiger partial charge in [-0.05, 0) is 6.07 Å². The van der Waals surface area contributed by atoms with Crippen LogP contribution in [0.3, 0.4) is 0 Å². The number of hydrogen-bond acceptors (Lipinski definition) is 5. The first kappa shape index (κ1) is 9.45. The van der Waals surface area contributed by atoms with Gasteiger partial charge in [-0.2, -0.15) is 0 Å². The third-order valence-electron chi connectivity index (χ3n) is 2.04. The van der Waals surface area contributed by atoms with Gasteiger partial charge in [0.2, 0.25) is 0 Å². The van der Waals surface area contributed by atoms with Crippen molar-refractivity contribution in [1.82, 2.24) is 10.1 Å². The van der Waals surface area contributed by atoms with E-state index in [0.717, 1.165) is 5.69 Å². The summed E-state index contributed by atoms with van der Waals surface area (Å²) in [5.74, 6) is -0.890. The molecule has 0 saturated carbocycles. The van der Waals surface area contributed by atoms with Crippen LogP contribution in [0.15, 0.2) is 23.0 Å². The number of carboxylic acid groups (broad SMARTS) is 1. The fourth-order valence-electron chi connectivity index (χ4n) is 1.39. The molecule has 0 spiro atoms. The molecule has 78 valence electrons. The lowest BCUT2D eigenvalue weighted by molar-refractivity contribution is -0.135. The molecule has 2 aromatic heterocycles. The zero-order valence-electron chi connectivity index (χ0n) is 8.04. The van der Waals surface area contributed by atoms with Crippen LogP contribution in [0.5, 0.6) is 0 Å². The van der Waals surface area contributed by atoms with Crippen molar-refractivity contribution in [1.29, 1.82) is 0 Å². The first-order chi connectivity index (χ1) is 7.18. The Labute approximate surface area is 85.1 Å². The monoisotopic (exact) mass is 207 g/mol. The summed E-state index contributed by atoms with van der Waals surface area (Å²) in [6.07, 6.45) is 3.08. The van der Waals surface area contributed by atoms with Crippen LogP contribution < -0.4 is 4.90 Å². The third-order valence-corrected chi connectivity index (χ3v) is 2.04. The number of nitrogens with zero attached hydrogens (tertiary/aromatic N) is 3. The number of fused-ring (bicyclic) bond motifs is 1. The largest absolute Gasteiger partial charge is 0.480 e. The normalized spacial score (nSPS) is 10.5. The van der Waals surface area contributed by atoms with Gasteiger partial charge in [0, 0.05) is 13.2 Å². The maximum atomic E-state index is 10.6. The zero-order chi connectivity index (χ0) is 10.8. The molecule has 0 aliphatic carbocycles. The molecular weight excluding hydrogens is 198 g/mol. The van der Waals surface area contributed by atoms with Crippen molar-refractivity contribution < 1.29 is 14.4 Å². The fraction of sp³-hybridized carbons (Fsp3) is 0.222. The summed E-state index contributed by atoms with van der Waals surface area (Å²) in [4.78, 5) is 16.1. The molecule has 2 rings (SSSR count). The molecule has 0 aliphatic heterocycles. The van der Waals surface area contributed by atoms with Crippen LogP contribution in [0, 0.1) is 0 Å². The molecule has 6 nitrogen and oxygen atoms in total. The Morgan fingerprint density at radius 3 is 3.20 bits per heavy atom. The molecule has 0 unspecified atom stereocenters. The van der Waals surface area contributed by atoms with Gasteiger partial charge in [0.05, 0.1) is 17.3 Å². The molecule has 0 saturated heterocycles. The van der Waals surface area contributed by atoms with Crippen LogP contribution in [0.2, 0.25) is 0 Å². The standard InChI is InChI=1S/C9H9N3O3/c1-12(5-8(13)14)7-2-3-10-9-6(7)4-11-15-9/h2-4H,5H2,1H3,(H,13,14). The topological polar surface area (TPSA) is 79.5 Å². The van der Waals surface area contributed by atoms with Crippen LogP contribution in [0.25, 0.3) is 11.1 Å². The first-order valence-corrected chi connectivity index (χ1v) is 4.31. The van der Waals surface area contributed by atoms with Crippen molar-refractivity contribution in [2.24, 2.45) is 0 Å². The summed E-state index contributed by atoms with van der Waals surface area (Å²) in [6, 6.07) is 1.72. The average molecular weight is 207 g/mol. The van der Waals surface area contributed by atoms with Gasteiger partial charge in [0.15, 0.2) is 0 Å². The van der Waals surface area contributed by atoms with Gasteiger partial charge >= 0.3 is 5.97 Å². The lowest BCUT2D eigenvalue weighted by atomic mass is 10.3. The second-order valence-electron chi connectivity index (χ2n) is 3.12. The molecule has 2 aromatic rings. The number of anilines is 1. The molecular formula is C9H9N3O3. The molecule has 0 aromatic carbocycles. The van der Waals surface area contributed by atoms with E-state index < -0.39 is 5.97 Å². The molecule has 0 atom stereocenters. The number of carboxylic acids is 1. The van der Waals surface area contributed by atoms with Crippen LogP contribution in [0.4, 0.5) is 5.69 Å². The minimum absolute atomic E-state index is 0.0791. The Morgan fingerprint density at radius 1 is 1.67 bits per heavy atom. The van der Waals surface area contributed by atoms with E-state index in [1.165, 1.54) is 6.20 Å². The molecule has 0 amide bonds. The van der Waals surface area contributed by atoms with E-state index in [0.29, 0.717) is 11.1 Å². The van der Waals surface area contributed by atoms with E-state index in [2.05, 4.69) is 10.1 Å². The molecule has 0 radical (unpaired) electrons. The average Bonchev–Trinajstić information content (AvgIpc) is 2.63. The lowest BCUT2D eigenvalue weighted by Crippen LogP contribution is -2.25. The van der Waals surface area contributed by atoms with Crippen molar-refractivity contribution in [3.05, 3.63) is 18.5 Å². The second kappa shape index (κ2) is 3.56.